The number of rotatable bonds is 9. The van der Waals surface area contributed by atoms with Gasteiger partial charge in [0.2, 0.25) is 0 Å². The summed E-state index contributed by atoms with van der Waals surface area (Å²) in [5.74, 6) is -0.632. The van der Waals surface area contributed by atoms with E-state index in [0.29, 0.717) is 6.54 Å². The molecule has 0 fully saturated rings. The molecule has 5 nitrogen and oxygen atoms in total. The second-order valence-electron chi connectivity index (χ2n) is 4.10. The van der Waals surface area contributed by atoms with Crippen LogP contribution in [0.25, 0.3) is 0 Å². The number of ether oxygens (including phenoxy) is 2. The average Bonchev–Trinajstić information content (AvgIpc) is 2.35. The number of ketones is 1. The Hall–Kier alpha value is -1.20. The summed E-state index contributed by atoms with van der Waals surface area (Å²) in [6.07, 6.45) is 3.44. The molecular formula is C13H23NO4. The molecule has 1 unspecified atom stereocenters. The quantitative estimate of drug-likeness (QED) is 0.456. The summed E-state index contributed by atoms with van der Waals surface area (Å²) < 4.78 is 9.60. The van der Waals surface area contributed by atoms with E-state index in [0.717, 1.165) is 19.0 Å². The average molecular weight is 257 g/mol. The highest BCUT2D eigenvalue weighted by atomic mass is 16.5. The lowest BCUT2D eigenvalue weighted by molar-refractivity contribution is -0.135. The van der Waals surface area contributed by atoms with Gasteiger partial charge in [0.05, 0.1) is 19.8 Å². The largest absolute Gasteiger partial charge is 0.466 e. The van der Waals surface area contributed by atoms with Crippen LogP contribution in [-0.4, -0.2) is 56.6 Å². The summed E-state index contributed by atoms with van der Waals surface area (Å²) >= 11 is 0. The first-order valence-electron chi connectivity index (χ1n) is 6.07. The molecule has 104 valence electrons. The molecule has 0 radical (unpaired) electrons. The molecule has 0 aliphatic heterocycles. The summed E-state index contributed by atoms with van der Waals surface area (Å²) in [6, 6.07) is 0. The van der Waals surface area contributed by atoms with Crippen molar-refractivity contribution in [2.24, 2.45) is 0 Å². The summed E-state index contributed by atoms with van der Waals surface area (Å²) in [6.45, 7) is 5.82. The third-order valence-corrected chi connectivity index (χ3v) is 2.44. The van der Waals surface area contributed by atoms with E-state index < -0.39 is 5.97 Å². The molecular weight excluding hydrogens is 234 g/mol. The fourth-order valence-electron chi connectivity index (χ4n) is 1.49. The first-order valence-corrected chi connectivity index (χ1v) is 6.07. The Kier molecular flexibility index (Phi) is 9.14. The van der Waals surface area contributed by atoms with Crippen LogP contribution in [0, 0.1) is 0 Å². The predicted octanol–water partition coefficient (Wildman–Crippen LogP) is 1.03. The summed E-state index contributed by atoms with van der Waals surface area (Å²) in [5, 5.41) is 0. The normalized spacial score (nSPS) is 12.9. The minimum atomic E-state index is -0.518. The number of methoxy groups -OCH3 is 2. The van der Waals surface area contributed by atoms with Gasteiger partial charge in [0.1, 0.15) is 0 Å². The van der Waals surface area contributed by atoms with Gasteiger partial charge in [0.25, 0.3) is 0 Å². The van der Waals surface area contributed by atoms with E-state index in [9.17, 15) is 9.59 Å². The van der Waals surface area contributed by atoms with Crippen molar-refractivity contribution >= 4 is 11.8 Å². The number of carbonyl (C=O) groups is 2. The molecule has 1 atom stereocenters. The molecule has 0 aliphatic rings. The van der Waals surface area contributed by atoms with Gasteiger partial charge in [-0.05, 0) is 26.0 Å². The van der Waals surface area contributed by atoms with Crippen LogP contribution in [0.5, 0.6) is 0 Å². The fraction of sp³-hybridized carbons (Fsp3) is 0.692. The summed E-state index contributed by atoms with van der Waals surface area (Å²) in [5.41, 5.74) is 0. The standard InChI is InChI=1S/C13H23NO4/c1-5-8-14(9-11(2)17-3)10-12(15)6-7-13(16)18-4/h6-7,11H,5,8-10H2,1-4H3/b7-6+. The zero-order valence-electron chi connectivity index (χ0n) is 11.6. The molecule has 0 aromatic rings. The minimum Gasteiger partial charge on any atom is -0.466 e. The monoisotopic (exact) mass is 257 g/mol. The van der Waals surface area contributed by atoms with Crippen molar-refractivity contribution in [3.63, 3.8) is 0 Å². The highest BCUT2D eigenvalue weighted by Crippen LogP contribution is 1.98. The van der Waals surface area contributed by atoms with Gasteiger partial charge in [-0.15, -0.1) is 0 Å². The Bertz CT molecular complexity index is 289. The molecule has 0 aromatic carbocycles. The molecule has 0 aromatic heterocycles. The van der Waals surface area contributed by atoms with Crippen LogP contribution in [0.4, 0.5) is 0 Å². The van der Waals surface area contributed by atoms with E-state index in [1.165, 1.54) is 13.2 Å². The van der Waals surface area contributed by atoms with Crippen LogP contribution >= 0.6 is 0 Å². The second kappa shape index (κ2) is 9.79. The smallest absolute Gasteiger partial charge is 0.330 e. The maximum atomic E-state index is 11.6. The lowest BCUT2D eigenvalue weighted by atomic mass is 10.2. The van der Waals surface area contributed by atoms with Crippen LogP contribution in [0.1, 0.15) is 20.3 Å². The number of hydrogen-bond acceptors (Lipinski definition) is 5. The lowest BCUT2D eigenvalue weighted by Gasteiger charge is -2.23. The number of nitrogens with zero attached hydrogens (tertiary/aromatic N) is 1. The second-order valence-corrected chi connectivity index (χ2v) is 4.10. The highest BCUT2D eigenvalue weighted by Gasteiger charge is 2.11. The molecule has 0 N–H and O–H groups in total. The molecule has 5 heteroatoms. The van der Waals surface area contributed by atoms with E-state index in [1.54, 1.807) is 7.11 Å². The first-order chi connectivity index (χ1) is 8.53. The third kappa shape index (κ3) is 7.97. The van der Waals surface area contributed by atoms with Crippen molar-refractivity contribution in [1.29, 1.82) is 0 Å². The highest BCUT2D eigenvalue weighted by molar-refractivity contribution is 5.96. The van der Waals surface area contributed by atoms with E-state index >= 15 is 0 Å². The molecule has 0 bridgehead atoms. The SMILES string of the molecule is CCCN(CC(=O)/C=C/C(=O)OC)CC(C)OC. The number of carbonyl (C=O) groups excluding carboxylic acids is 2. The molecule has 18 heavy (non-hydrogen) atoms. The van der Waals surface area contributed by atoms with Gasteiger partial charge in [-0.1, -0.05) is 6.92 Å². The van der Waals surface area contributed by atoms with Gasteiger partial charge in [-0.25, -0.2) is 4.79 Å². The molecule has 0 aliphatic carbocycles. The molecule has 0 heterocycles. The van der Waals surface area contributed by atoms with Gasteiger partial charge in [-0.2, -0.15) is 0 Å². The minimum absolute atomic E-state index is 0.0777. The van der Waals surface area contributed by atoms with E-state index in [-0.39, 0.29) is 18.4 Å². The third-order valence-electron chi connectivity index (χ3n) is 2.44. The van der Waals surface area contributed by atoms with Crippen molar-refractivity contribution in [1.82, 2.24) is 4.90 Å². The Morgan fingerprint density at radius 1 is 1.28 bits per heavy atom. The van der Waals surface area contributed by atoms with Gasteiger partial charge >= 0.3 is 5.97 Å². The van der Waals surface area contributed by atoms with Crippen molar-refractivity contribution in [2.45, 2.75) is 26.4 Å². The van der Waals surface area contributed by atoms with E-state index in [4.69, 9.17) is 4.74 Å². The maximum Gasteiger partial charge on any atom is 0.330 e. The zero-order valence-corrected chi connectivity index (χ0v) is 11.6. The van der Waals surface area contributed by atoms with Gasteiger partial charge in [0, 0.05) is 19.7 Å². The van der Waals surface area contributed by atoms with Crippen LogP contribution in [0.15, 0.2) is 12.2 Å². The van der Waals surface area contributed by atoms with Crippen molar-refractivity contribution < 1.29 is 19.1 Å². The number of hydrogen-bond donors (Lipinski definition) is 0. The van der Waals surface area contributed by atoms with Crippen molar-refractivity contribution in [2.75, 3.05) is 33.9 Å². The predicted molar refractivity (Wildman–Crippen MR) is 69.4 cm³/mol. The lowest BCUT2D eigenvalue weighted by Crippen LogP contribution is -2.36. The summed E-state index contributed by atoms with van der Waals surface area (Å²) in [7, 11) is 2.93. The Morgan fingerprint density at radius 2 is 1.94 bits per heavy atom. The van der Waals surface area contributed by atoms with Gasteiger partial charge in [-0.3, -0.25) is 9.69 Å². The van der Waals surface area contributed by atoms with E-state index in [1.807, 2.05) is 11.8 Å². The van der Waals surface area contributed by atoms with Gasteiger partial charge in [0.15, 0.2) is 5.78 Å². The zero-order chi connectivity index (χ0) is 14.0. The van der Waals surface area contributed by atoms with Crippen LogP contribution in [-0.2, 0) is 19.1 Å². The van der Waals surface area contributed by atoms with Crippen LogP contribution in [0.3, 0.4) is 0 Å². The van der Waals surface area contributed by atoms with Gasteiger partial charge < -0.3 is 9.47 Å². The maximum absolute atomic E-state index is 11.6. The topological polar surface area (TPSA) is 55.8 Å². The number of esters is 1. The fourth-order valence-corrected chi connectivity index (χ4v) is 1.49. The van der Waals surface area contributed by atoms with Crippen molar-refractivity contribution in [3.05, 3.63) is 12.2 Å². The van der Waals surface area contributed by atoms with E-state index in [2.05, 4.69) is 11.7 Å². The van der Waals surface area contributed by atoms with Crippen LogP contribution in [0.2, 0.25) is 0 Å². The molecule has 0 spiro atoms. The Morgan fingerprint density at radius 3 is 2.44 bits per heavy atom. The molecule has 0 saturated heterocycles. The Labute approximate surface area is 109 Å². The molecule has 0 saturated carbocycles. The molecule has 0 rings (SSSR count). The first kappa shape index (κ1) is 16.8. The van der Waals surface area contributed by atoms with Crippen LogP contribution < -0.4 is 0 Å². The summed E-state index contributed by atoms with van der Waals surface area (Å²) in [4.78, 5) is 24.5. The Balaban J connectivity index is 4.26. The molecule has 0 amide bonds. The van der Waals surface area contributed by atoms with Crippen molar-refractivity contribution in [3.8, 4) is 0 Å².